The molecule has 108 valence electrons. The number of thiazole rings is 1. The van der Waals surface area contributed by atoms with Gasteiger partial charge < -0.3 is 5.32 Å². The molecule has 3 rings (SSSR count). The average molecular weight is 325 g/mol. The van der Waals surface area contributed by atoms with Crippen molar-refractivity contribution in [1.82, 2.24) is 14.6 Å². The smallest absolute Gasteiger partial charge is 0.267 e. The molecule has 1 N–H and O–H groups in total. The number of aromatic nitrogens is 3. The fourth-order valence-electron chi connectivity index (χ4n) is 2.03. The Kier molecular flexibility index (Phi) is 3.38. The number of hydrogen-bond donors (Lipinski definition) is 1. The van der Waals surface area contributed by atoms with Crippen LogP contribution in [-0.2, 0) is 0 Å². The van der Waals surface area contributed by atoms with E-state index >= 15 is 0 Å². The second-order valence-electron chi connectivity index (χ2n) is 4.46. The van der Waals surface area contributed by atoms with E-state index in [4.69, 9.17) is 11.6 Å². The van der Waals surface area contributed by atoms with Crippen LogP contribution in [0.5, 0.6) is 0 Å². The molecule has 2 heterocycles. The molecule has 0 atom stereocenters. The lowest BCUT2D eigenvalue weighted by Gasteiger charge is -2.05. The summed E-state index contributed by atoms with van der Waals surface area (Å²) >= 11 is 6.95. The Labute approximate surface area is 128 Å². The van der Waals surface area contributed by atoms with Crippen molar-refractivity contribution in [2.45, 2.75) is 13.8 Å². The van der Waals surface area contributed by atoms with Crippen molar-refractivity contribution in [1.29, 1.82) is 0 Å². The minimum atomic E-state index is -0.526. The number of halogens is 2. The zero-order valence-corrected chi connectivity index (χ0v) is 12.7. The SMILES string of the molecule is Cc1nnc2sc(C(=O)Nc3ccc(F)c(Cl)c3)c(C)n12. The van der Waals surface area contributed by atoms with Crippen LogP contribution in [-0.4, -0.2) is 20.5 Å². The highest BCUT2D eigenvalue weighted by atomic mass is 35.5. The Morgan fingerprint density at radius 2 is 2.14 bits per heavy atom. The number of aryl methyl sites for hydroxylation is 2. The lowest BCUT2D eigenvalue weighted by atomic mass is 10.3. The standard InChI is InChI=1S/C13H10ClFN4OS/c1-6-11(21-13-18-17-7(2)19(6)13)12(20)16-8-3-4-10(15)9(14)5-8/h3-5H,1-2H3,(H,16,20). The number of fused-ring (bicyclic) bond motifs is 1. The maximum atomic E-state index is 13.1. The molecule has 0 radical (unpaired) electrons. The number of benzene rings is 1. The summed E-state index contributed by atoms with van der Waals surface area (Å²) < 4.78 is 14.9. The predicted octanol–water partition coefficient (Wildman–Crippen LogP) is 3.45. The third kappa shape index (κ3) is 2.38. The normalized spacial score (nSPS) is 11.0. The number of carbonyl (C=O) groups is 1. The summed E-state index contributed by atoms with van der Waals surface area (Å²) in [7, 11) is 0. The highest BCUT2D eigenvalue weighted by Crippen LogP contribution is 2.25. The third-order valence-electron chi connectivity index (χ3n) is 3.04. The minimum Gasteiger partial charge on any atom is -0.321 e. The summed E-state index contributed by atoms with van der Waals surface area (Å²) in [5.74, 6) is -0.0881. The maximum Gasteiger partial charge on any atom is 0.267 e. The van der Waals surface area contributed by atoms with Crippen LogP contribution in [0.4, 0.5) is 10.1 Å². The highest BCUT2D eigenvalue weighted by molar-refractivity contribution is 7.19. The first-order valence-corrected chi connectivity index (χ1v) is 7.24. The molecule has 0 aliphatic carbocycles. The molecule has 0 fully saturated rings. The summed E-state index contributed by atoms with van der Waals surface area (Å²) in [6, 6.07) is 4.04. The second kappa shape index (κ2) is 5.09. The highest BCUT2D eigenvalue weighted by Gasteiger charge is 2.18. The Hall–Kier alpha value is -1.99. The summed E-state index contributed by atoms with van der Waals surface area (Å²) in [5, 5.41) is 10.6. The van der Waals surface area contributed by atoms with E-state index in [-0.39, 0.29) is 10.9 Å². The molecule has 0 saturated heterocycles. The van der Waals surface area contributed by atoms with E-state index < -0.39 is 5.82 Å². The fourth-order valence-corrected chi connectivity index (χ4v) is 3.22. The molecule has 0 saturated carbocycles. The zero-order chi connectivity index (χ0) is 15.1. The van der Waals surface area contributed by atoms with E-state index in [1.54, 1.807) is 0 Å². The largest absolute Gasteiger partial charge is 0.321 e. The first-order chi connectivity index (χ1) is 9.97. The van der Waals surface area contributed by atoms with E-state index in [0.717, 1.165) is 11.5 Å². The van der Waals surface area contributed by atoms with Gasteiger partial charge in [-0.05, 0) is 32.0 Å². The minimum absolute atomic E-state index is 0.0365. The number of hydrogen-bond acceptors (Lipinski definition) is 4. The zero-order valence-electron chi connectivity index (χ0n) is 11.1. The molecule has 2 aromatic heterocycles. The van der Waals surface area contributed by atoms with Crippen LogP contribution in [0.2, 0.25) is 5.02 Å². The summed E-state index contributed by atoms with van der Waals surface area (Å²) in [6.07, 6.45) is 0. The van der Waals surface area contributed by atoms with Crippen LogP contribution in [0.1, 0.15) is 21.2 Å². The van der Waals surface area contributed by atoms with Crippen LogP contribution in [0.15, 0.2) is 18.2 Å². The van der Waals surface area contributed by atoms with Crippen molar-refractivity contribution < 1.29 is 9.18 Å². The summed E-state index contributed by atoms with van der Waals surface area (Å²) in [5.41, 5.74) is 1.20. The Morgan fingerprint density at radius 3 is 2.81 bits per heavy atom. The molecule has 1 amide bonds. The van der Waals surface area contributed by atoms with Crippen molar-refractivity contribution in [3.63, 3.8) is 0 Å². The number of amides is 1. The van der Waals surface area contributed by atoms with Crippen molar-refractivity contribution in [2.24, 2.45) is 0 Å². The van der Waals surface area contributed by atoms with Gasteiger partial charge >= 0.3 is 0 Å². The Balaban J connectivity index is 1.93. The van der Waals surface area contributed by atoms with Crippen LogP contribution < -0.4 is 5.32 Å². The second-order valence-corrected chi connectivity index (χ2v) is 5.85. The Bertz CT molecular complexity index is 857. The van der Waals surface area contributed by atoms with Gasteiger partial charge in [-0.3, -0.25) is 9.20 Å². The molecule has 3 aromatic rings. The van der Waals surface area contributed by atoms with Gasteiger partial charge in [0.2, 0.25) is 4.96 Å². The van der Waals surface area contributed by atoms with Crippen LogP contribution in [0.3, 0.4) is 0 Å². The number of anilines is 1. The van der Waals surface area contributed by atoms with Gasteiger partial charge in [0.15, 0.2) is 0 Å². The molecule has 0 bridgehead atoms. The quantitative estimate of drug-likeness (QED) is 0.785. The van der Waals surface area contributed by atoms with Crippen LogP contribution >= 0.6 is 22.9 Å². The van der Waals surface area contributed by atoms with Crippen LogP contribution in [0.25, 0.3) is 4.96 Å². The van der Waals surface area contributed by atoms with Gasteiger partial charge in [-0.1, -0.05) is 22.9 Å². The number of nitrogens with one attached hydrogen (secondary N) is 1. The molecule has 0 aliphatic rings. The fraction of sp³-hybridized carbons (Fsp3) is 0.154. The Morgan fingerprint density at radius 1 is 1.38 bits per heavy atom. The third-order valence-corrected chi connectivity index (χ3v) is 4.46. The molecule has 0 spiro atoms. The molecule has 0 aliphatic heterocycles. The molecule has 0 unspecified atom stereocenters. The van der Waals surface area contributed by atoms with Crippen molar-refractivity contribution in [2.75, 3.05) is 5.32 Å². The van der Waals surface area contributed by atoms with Gasteiger partial charge in [0.25, 0.3) is 5.91 Å². The molecule has 1 aromatic carbocycles. The van der Waals surface area contributed by atoms with Crippen molar-refractivity contribution in [3.8, 4) is 0 Å². The van der Waals surface area contributed by atoms with Gasteiger partial charge in [0.1, 0.15) is 16.5 Å². The monoisotopic (exact) mass is 324 g/mol. The van der Waals surface area contributed by atoms with Gasteiger partial charge in [-0.15, -0.1) is 10.2 Å². The number of nitrogens with zero attached hydrogens (tertiary/aromatic N) is 3. The van der Waals surface area contributed by atoms with E-state index in [0.29, 0.717) is 15.5 Å². The first-order valence-electron chi connectivity index (χ1n) is 6.05. The van der Waals surface area contributed by atoms with Crippen molar-refractivity contribution >= 4 is 39.5 Å². The van der Waals surface area contributed by atoms with E-state index in [2.05, 4.69) is 15.5 Å². The predicted molar refractivity (Wildman–Crippen MR) is 79.7 cm³/mol. The average Bonchev–Trinajstić information content (AvgIpc) is 2.96. The van der Waals surface area contributed by atoms with Gasteiger partial charge in [-0.25, -0.2) is 4.39 Å². The summed E-state index contributed by atoms with van der Waals surface area (Å²) in [6.45, 7) is 3.65. The molecular formula is C13H10ClFN4OS. The van der Waals surface area contributed by atoms with Crippen molar-refractivity contribution in [3.05, 3.63) is 45.4 Å². The lowest BCUT2D eigenvalue weighted by Crippen LogP contribution is -2.12. The van der Waals surface area contributed by atoms with Gasteiger partial charge in [-0.2, -0.15) is 0 Å². The first kappa shape index (κ1) is 14.0. The van der Waals surface area contributed by atoms with Gasteiger partial charge in [0.05, 0.1) is 5.02 Å². The van der Waals surface area contributed by atoms with Crippen LogP contribution in [0, 0.1) is 19.7 Å². The van der Waals surface area contributed by atoms with Gasteiger partial charge in [0, 0.05) is 11.4 Å². The lowest BCUT2D eigenvalue weighted by molar-refractivity contribution is 0.102. The van der Waals surface area contributed by atoms with E-state index in [9.17, 15) is 9.18 Å². The molecule has 5 nitrogen and oxygen atoms in total. The molecular weight excluding hydrogens is 315 g/mol. The number of carbonyl (C=O) groups excluding carboxylic acids is 1. The molecule has 21 heavy (non-hydrogen) atoms. The number of rotatable bonds is 2. The summed E-state index contributed by atoms with van der Waals surface area (Å²) in [4.78, 5) is 13.5. The van der Waals surface area contributed by atoms with E-state index in [1.807, 2.05) is 18.2 Å². The topological polar surface area (TPSA) is 59.3 Å². The van der Waals surface area contributed by atoms with E-state index in [1.165, 1.54) is 29.5 Å². The molecule has 8 heteroatoms. The maximum absolute atomic E-state index is 13.1.